The average Bonchev–Trinajstić information content (AvgIpc) is 2.54. The van der Waals surface area contributed by atoms with Crippen LogP contribution in [-0.4, -0.2) is 35.1 Å². The van der Waals surface area contributed by atoms with Gasteiger partial charge in [0.25, 0.3) is 0 Å². The second-order valence-electron chi connectivity index (χ2n) is 4.02. The fourth-order valence-electron chi connectivity index (χ4n) is 1.60. The lowest BCUT2D eigenvalue weighted by molar-refractivity contribution is 0.228. The summed E-state index contributed by atoms with van der Waals surface area (Å²) in [5.74, 6) is 1.01. The van der Waals surface area contributed by atoms with E-state index in [1.807, 2.05) is 25.6 Å². The van der Waals surface area contributed by atoms with E-state index in [-0.39, 0.29) is 12.6 Å². The van der Waals surface area contributed by atoms with E-state index < -0.39 is 0 Å². The fourth-order valence-corrected chi connectivity index (χ4v) is 1.60. The van der Waals surface area contributed by atoms with Gasteiger partial charge in [-0.2, -0.15) is 5.10 Å². The molecule has 1 atom stereocenters. The molecule has 0 aromatic carbocycles. The first-order valence-electron chi connectivity index (χ1n) is 5.40. The molecule has 0 unspecified atom stereocenters. The van der Waals surface area contributed by atoms with E-state index in [0.717, 1.165) is 18.1 Å². The van der Waals surface area contributed by atoms with Gasteiger partial charge in [-0.25, -0.2) is 0 Å². The van der Waals surface area contributed by atoms with Crippen LogP contribution in [0.3, 0.4) is 0 Å². The third-order valence-corrected chi connectivity index (χ3v) is 2.94. The third-order valence-electron chi connectivity index (χ3n) is 2.94. The first-order valence-corrected chi connectivity index (χ1v) is 5.40. The van der Waals surface area contributed by atoms with E-state index in [4.69, 9.17) is 5.11 Å². The number of rotatable bonds is 4. The molecule has 1 aromatic rings. The molecule has 0 saturated heterocycles. The minimum atomic E-state index is 0.0442. The van der Waals surface area contributed by atoms with Crippen LogP contribution in [-0.2, 0) is 0 Å². The molecular formula is C11H21N3O. The van der Waals surface area contributed by atoms with E-state index in [0.29, 0.717) is 0 Å². The molecule has 4 nitrogen and oxygen atoms in total. The summed E-state index contributed by atoms with van der Waals surface area (Å²) in [5, 5.41) is 13.7. The first kappa shape index (κ1) is 12.0. The van der Waals surface area contributed by atoms with Crippen LogP contribution in [0.1, 0.15) is 31.1 Å². The van der Waals surface area contributed by atoms with E-state index in [1.165, 1.54) is 5.56 Å². The summed E-state index contributed by atoms with van der Waals surface area (Å²) in [6.45, 7) is 9.24. The van der Waals surface area contributed by atoms with Crippen molar-refractivity contribution in [2.24, 2.45) is 0 Å². The average molecular weight is 211 g/mol. The van der Waals surface area contributed by atoms with Crippen LogP contribution in [0.25, 0.3) is 0 Å². The zero-order valence-corrected chi connectivity index (χ0v) is 10.3. The molecule has 0 fully saturated rings. The van der Waals surface area contributed by atoms with Crippen molar-refractivity contribution in [3.8, 4) is 0 Å². The van der Waals surface area contributed by atoms with Gasteiger partial charge in [0.05, 0.1) is 12.6 Å². The Morgan fingerprint density at radius 3 is 2.53 bits per heavy atom. The molecule has 0 aliphatic heterocycles. The summed E-state index contributed by atoms with van der Waals surface area (Å²) in [5.41, 5.74) is 2.33. The van der Waals surface area contributed by atoms with Crippen molar-refractivity contribution in [1.82, 2.24) is 9.78 Å². The van der Waals surface area contributed by atoms with Crippen molar-refractivity contribution in [2.45, 2.75) is 33.7 Å². The molecule has 0 saturated carbocycles. The molecule has 0 bridgehead atoms. The molecule has 4 heteroatoms. The maximum atomic E-state index is 9.13. The summed E-state index contributed by atoms with van der Waals surface area (Å²) in [6, 6.07) is 0.0442. The maximum Gasteiger partial charge on any atom is 0.153 e. The number of aliphatic hydroxyl groups is 1. The van der Waals surface area contributed by atoms with Gasteiger partial charge in [0, 0.05) is 24.8 Å². The van der Waals surface area contributed by atoms with Gasteiger partial charge in [-0.3, -0.25) is 4.68 Å². The normalized spacial score (nSPS) is 12.9. The van der Waals surface area contributed by atoms with Crippen molar-refractivity contribution in [3.05, 3.63) is 11.3 Å². The number of nitrogens with zero attached hydrogens (tertiary/aromatic N) is 3. The third kappa shape index (κ3) is 2.15. The number of aromatic nitrogens is 2. The molecule has 1 heterocycles. The smallest absolute Gasteiger partial charge is 0.153 e. The topological polar surface area (TPSA) is 41.3 Å². The summed E-state index contributed by atoms with van der Waals surface area (Å²) < 4.78 is 1.90. The molecule has 1 aromatic heterocycles. The van der Waals surface area contributed by atoms with Gasteiger partial charge in [0.15, 0.2) is 5.82 Å². The number of aliphatic hydroxyl groups excluding tert-OH is 1. The van der Waals surface area contributed by atoms with E-state index in [1.54, 1.807) is 0 Å². The predicted molar refractivity (Wildman–Crippen MR) is 62.4 cm³/mol. The van der Waals surface area contributed by atoms with E-state index in [2.05, 4.69) is 23.8 Å². The van der Waals surface area contributed by atoms with Crippen molar-refractivity contribution >= 4 is 5.82 Å². The minimum absolute atomic E-state index is 0.0442. The summed E-state index contributed by atoms with van der Waals surface area (Å²) in [6.07, 6.45) is 0. The number of hydrogen-bond acceptors (Lipinski definition) is 3. The zero-order chi connectivity index (χ0) is 11.6. The van der Waals surface area contributed by atoms with Crippen molar-refractivity contribution in [3.63, 3.8) is 0 Å². The van der Waals surface area contributed by atoms with Gasteiger partial charge >= 0.3 is 0 Å². The Bertz CT molecular complexity index is 302. The first-order chi connectivity index (χ1) is 7.02. The maximum absolute atomic E-state index is 9.13. The molecule has 0 amide bonds. The second-order valence-corrected chi connectivity index (χ2v) is 4.02. The monoisotopic (exact) mass is 211 g/mol. The number of anilines is 1. The van der Waals surface area contributed by atoms with Gasteiger partial charge in [0.1, 0.15) is 0 Å². The lowest BCUT2D eigenvalue weighted by Crippen LogP contribution is -2.18. The van der Waals surface area contributed by atoms with Crippen LogP contribution in [0, 0.1) is 13.8 Å². The van der Waals surface area contributed by atoms with Crippen LogP contribution in [0.15, 0.2) is 0 Å². The summed E-state index contributed by atoms with van der Waals surface area (Å²) >= 11 is 0. The van der Waals surface area contributed by atoms with Gasteiger partial charge in [-0.15, -0.1) is 0 Å². The van der Waals surface area contributed by atoms with Crippen molar-refractivity contribution in [2.75, 3.05) is 25.1 Å². The van der Waals surface area contributed by atoms with Crippen LogP contribution >= 0.6 is 0 Å². The van der Waals surface area contributed by atoms with Crippen LogP contribution in [0.5, 0.6) is 0 Å². The minimum Gasteiger partial charge on any atom is -0.394 e. The highest BCUT2D eigenvalue weighted by molar-refractivity contribution is 5.47. The Balaban J connectivity index is 3.12. The standard InChI is InChI=1S/C11H21N3O/c1-6-13(5)11-9(3)10(4)14(12-11)8(2)7-15/h8,15H,6-7H2,1-5H3/t8-/m0/s1. The highest BCUT2D eigenvalue weighted by Gasteiger charge is 2.16. The molecular weight excluding hydrogens is 190 g/mol. The molecule has 86 valence electrons. The molecule has 0 spiro atoms. The molecule has 1 rings (SSSR count). The molecule has 0 radical (unpaired) electrons. The highest BCUT2D eigenvalue weighted by atomic mass is 16.3. The molecule has 0 aliphatic rings. The van der Waals surface area contributed by atoms with Gasteiger partial charge in [-0.05, 0) is 27.7 Å². The largest absolute Gasteiger partial charge is 0.394 e. The van der Waals surface area contributed by atoms with Crippen molar-refractivity contribution < 1.29 is 5.11 Å². The molecule has 15 heavy (non-hydrogen) atoms. The quantitative estimate of drug-likeness (QED) is 0.820. The van der Waals surface area contributed by atoms with Gasteiger partial charge < -0.3 is 10.0 Å². The van der Waals surface area contributed by atoms with E-state index >= 15 is 0 Å². The Hall–Kier alpha value is -1.03. The van der Waals surface area contributed by atoms with E-state index in [9.17, 15) is 0 Å². The Morgan fingerprint density at radius 2 is 2.07 bits per heavy atom. The Labute approximate surface area is 91.5 Å². The summed E-state index contributed by atoms with van der Waals surface area (Å²) in [7, 11) is 2.03. The SMILES string of the molecule is CCN(C)c1nn([C@@H](C)CO)c(C)c1C. The van der Waals surface area contributed by atoms with Crippen molar-refractivity contribution in [1.29, 1.82) is 0 Å². The lowest BCUT2D eigenvalue weighted by Gasteiger charge is -2.14. The lowest BCUT2D eigenvalue weighted by atomic mass is 10.2. The van der Waals surface area contributed by atoms with Crippen LogP contribution in [0.2, 0.25) is 0 Å². The Morgan fingerprint density at radius 1 is 1.47 bits per heavy atom. The predicted octanol–water partition coefficient (Wildman–Crippen LogP) is 1.51. The second kappa shape index (κ2) is 4.66. The highest BCUT2D eigenvalue weighted by Crippen LogP contribution is 2.22. The number of hydrogen-bond donors (Lipinski definition) is 1. The van der Waals surface area contributed by atoms with Crippen LogP contribution in [0.4, 0.5) is 5.82 Å². The van der Waals surface area contributed by atoms with Gasteiger partial charge in [-0.1, -0.05) is 0 Å². The van der Waals surface area contributed by atoms with Gasteiger partial charge in [0.2, 0.25) is 0 Å². The molecule has 0 aliphatic carbocycles. The molecule has 1 N–H and O–H groups in total. The fraction of sp³-hybridized carbons (Fsp3) is 0.727. The zero-order valence-electron chi connectivity index (χ0n) is 10.3. The Kier molecular flexibility index (Phi) is 3.74. The summed E-state index contributed by atoms with van der Waals surface area (Å²) in [4.78, 5) is 2.11. The van der Waals surface area contributed by atoms with Crippen LogP contribution < -0.4 is 4.90 Å².